The quantitative estimate of drug-likeness (QED) is 0.405. The smallest absolute Gasteiger partial charge is 0.315 e. The van der Waals surface area contributed by atoms with E-state index < -0.39 is 6.03 Å². The summed E-state index contributed by atoms with van der Waals surface area (Å²) in [5.41, 5.74) is 1.64. The van der Waals surface area contributed by atoms with Crippen molar-refractivity contribution in [3.05, 3.63) is 64.4 Å². The zero-order valence-corrected chi connectivity index (χ0v) is 23.3. The van der Waals surface area contributed by atoms with Crippen molar-refractivity contribution in [1.82, 2.24) is 20.4 Å². The van der Waals surface area contributed by atoms with Crippen LogP contribution in [0.3, 0.4) is 0 Å². The number of carbonyl (C=O) groups is 3. The molecule has 212 valence electrons. The molecule has 1 aliphatic heterocycles. The van der Waals surface area contributed by atoms with Gasteiger partial charge in [0.1, 0.15) is 11.6 Å². The molecule has 2 unspecified atom stereocenters. The second-order valence-electron chi connectivity index (χ2n) is 9.51. The number of hydrogen-bond donors (Lipinski definition) is 2. The van der Waals surface area contributed by atoms with Gasteiger partial charge in [-0.05, 0) is 56.7 Å². The number of ether oxygens (including phenoxy) is 2. The molecule has 0 saturated carbocycles. The van der Waals surface area contributed by atoms with E-state index in [1.54, 1.807) is 37.3 Å². The van der Waals surface area contributed by atoms with E-state index in [-0.39, 0.29) is 62.5 Å². The molecule has 2 aromatic rings. The van der Waals surface area contributed by atoms with E-state index in [4.69, 9.17) is 21.1 Å². The minimum Gasteiger partial charge on any atom is -0.483 e. The maximum atomic E-state index is 13.2. The lowest BCUT2D eigenvalue weighted by Crippen LogP contribution is -2.58. The van der Waals surface area contributed by atoms with E-state index in [2.05, 4.69) is 22.5 Å². The van der Waals surface area contributed by atoms with Crippen LogP contribution in [0.4, 0.5) is 9.18 Å². The highest BCUT2D eigenvalue weighted by Crippen LogP contribution is 2.24. The number of nitrogens with zero attached hydrogens (tertiary/aromatic N) is 2. The predicted octanol–water partition coefficient (Wildman–Crippen LogP) is 3.73. The van der Waals surface area contributed by atoms with Crippen molar-refractivity contribution in [1.29, 1.82) is 0 Å². The summed E-state index contributed by atoms with van der Waals surface area (Å²) in [6.07, 6.45) is 0.0758. The van der Waals surface area contributed by atoms with Crippen molar-refractivity contribution in [3.63, 3.8) is 0 Å². The van der Waals surface area contributed by atoms with Crippen LogP contribution in [0.15, 0.2) is 42.5 Å². The summed E-state index contributed by atoms with van der Waals surface area (Å²) in [5.74, 6) is -0.341. The lowest BCUT2D eigenvalue weighted by atomic mass is 10.1. The molecule has 9 nitrogen and oxygen atoms in total. The number of benzene rings is 2. The Balaban J connectivity index is 1.50. The average Bonchev–Trinajstić information content (AvgIpc) is 2.90. The fraction of sp³-hybridized carbons (Fsp3) is 0.464. The molecule has 1 saturated heterocycles. The fourth-order valence-electron chi connectivity index (χ4n) is 4.39. The minimum atomic E-state index is -0.456. The number of esters is 1. The molecule has 1 fully saturated rings. The van der Waals surface area contributed by atoms with E-state index in [0.717, 1.165) is 5.56 Å². The number of piperazine rings is 1. The standard InChI is InChI=1S/C28H36ClFN4O5/c1-4-38-27(36)11-12-31-28(37)32-14-22-13-23(29)7-10-25(22)39-18-26(35)34-16-19(2)33(15-20(34)3)17-21-5-8-24(30)9-6-21/h5-10,13,19-20H,4,11-12,14-18H2,1-3H3,(H2,31,32,37). The first-order valence-electron chi connectivity index (χ1n) is 13.0. The Morgan fingerprint density at radius 2 is 1.79 bits per heavy atom. The van der Waals surface area contributed by atoms with Gasteiger partial charge in [-0.2, -0.15) is 0 Å². The van der Waals surface area contributed by atoms with Crippen LogP contribution in [-0.4, -0.2) is 72.6 Å². The molecular formula is C28H36ClFN4O5. The third-order valence-corrected chi connectivity index (χ3v) is 6.70. The molecule has 0 bridgehead atoms. The highest BCUT2D eigenvalue weighted by molar-refractivity contribution is 6.30. The van der Waals surface area contributed by atoms with Crippen LogP contribution in [0.25, 0.3) is 0 Å². The van der Waals surface area contributed by atoms with Gasteiger partial charge in [0.15, 0.2) is 6.61 Å². The lowest BCUT2D eigenvalue weighted by Gasteiger charge is -2.44. The van der Waals surface area contributed by atoms with Crippen molar-refractivity contribution in [2.45, 2.75) is 52.4 Å². The SMILES string of the molecule is CCOC(=O)CCNC(=O)NCc1cc(Cl)ccc1OCC(=O)N1CC(C)N(Cc2ccc(F)cc2)CC1C. The summed E-state index contributed by atoms with van der Waals surface area (Å²) in [6, 6.07) is 11.1. The van der Waals surface area contributed by atoms with Gasteiger partial charge in [0.2, 0.25) is 0 Å². The lowest BCUT2D eigenvalue weighted by molar-refractivity contribution is -0.143. The Labute approximate surface area is 233 Å². The maximum absolute atomic E-state index is 13.2. The first kappa shape index (κ1) is 30.2. The third kappa shape index (κ3) is 9.40. The predicted molar refractivity (Wildman–Crippen MR) is 146 cm³/mol. The zero-order chi connectivity index (χ0) is 28.4. The van der Waals surface area contributed by atoms with Crippen molar-refractivity contribution in [3.8, 4) is 5.75 Å². The zero-order valence-electron chi connectivity index (χ0n) is 22.5. The van der Waals surface area contributed by atoms with E-state index >= 15 is 0 Å². The Bertz CT molecular complexity index is 1130. The number of urea groups is 1. The molecule has 1 aliphatic rings. The van der Waals surface area contributed by atoms with Crippen LogP contribution in [-0.2, 0) is 27.4 Å². The molecule has 2 N–H and O–H groups in total. The van der Waals surface area contributed by atoms with Gasteiger partial charge in [-0.25, -0.2) is 9.18 Å². The third-order valence-electron chi connectivity index (χ3n) is 6.47. The summed E-state index contributed by atoms with van der Waals surface area (Å²) >= 11 is 6.15. The molecule has 2 aromatic carbocycles. The second-order valence-corrected chi connectivity index (χ2v) is 9.94. The van der Waals surface area contributed by atoms with Gasteiger partial charge in [0.05, 0.1) is 13.0 Å². The molecule has 0 aromatic heterocycles. The second kappa shape index (κ2) is 14.7. The Morgan fingerprint density at radius 1 is 1.05 bits per heavy atom. The molecule has 3 rings (SSSR count). The first-order chi connectivity index (χ1) is 18.7. The highest BCUT2D eigenvalue weighted by atomic mass is 35.5. The Morgan fingerprint density at radius 3 is 2.51 bits per heavy atom. The van der Waals surface area contributed by atoms with Crippen LogP contribution in [0.5, 0.6) is 5.75 Å². The van der Waals surface area contributed by atoms with Crippen molar-refractivity contribution >= 4 is 29.5 Å². The highest BCUT2D eigenvalue weighted by Gasteiger charge is 2.32. The minimum absolute atomic E-state index is 0.0255. The number of halogens is 2. The number of carbonyl (C=O) groups excluding carboxylic acids is 3. The summed E-state index contributed by atoms with van der Waals surface area (Å²) in [6.45, 7) is 8.09. The topological polar surface area (TPSA) is 100 Å². The molecule has 39 heavy (non-hydrogen) atoms. The Kier molecular flexibility index (Phi) is 11.4. The Hall–Kier alpha value is -3.37. The van der Waals surface area contributed by atoms with Gasteiger partial charge < -0.3 is 25.0 Å². The van der Waals surface area contributed by atoms with E-state index in [0.29, 0.717) is 36.0 Å². The van der Waals surface area contributed by atoms with Crippen molar-refractivity contribution in [2.75, 3.05) is 32.8 Å². The van der Waals surface area contributed by atoms with Crippen molar-refractivity contribution < 1.29 is 28.2 Å². The molecule has 11 heteroatoms. The van der Waals surface area contributed by atoms with E-state index in [1.165, 1.54) is 12.1 Å². The number of amides is 3. The van der Waals surface area contributed by atoms with E-state index in [9.17, 15) is 18.8 Å². The average molecular weight is 563 g/mol. The molecule has 2 atom stereocenters. The van der Waals surface area contributed by atoms with Crippen LogP contribution in [0.1, 0.15) is 38.3 Å². The van der Waals surface area contributed by atoms with Crippen molar-refractivity contribution in [2.24, 2.45) is 0 Å². The van der Waals surface area contributed by atoms with Crippen LogP contribution >= 0.6 is 11.6 Å². The molecule has 1 heterocycles. The van der Waals surface area contributed by atoms with Gasteiger partial charge in [-0.3, -0.25) is 14.5 Å². The number of nitrogens with one attached hydrogen (secondary N) is 2. The normalized spacial score (nSPS) is 17.4. The molecule has 3 amide bonds. The monoisotopic (exact) mass is 562 g/mol. The van der Waals surface area contributed by atoms with Gasteiger partial charge in [0.25, 0.3) is 5.91 Å². The molecule has 0 spiro atoms. The van der Waals surface area contributed by atoms with Gasteiger partial charge >= 0.3 is 12.0 Å². The largest absolute Gasteiger partial charge is 0.483 e. The molecular weight excluding hydrogens is 527 g/mol. The first-order valence-corrected chi connectivity index (χ1v) is 13.4. The summed E-state index contributed by atoms with van der Waals surface area (Å²) in [5, 5.41) is 5.76. The maximum Gasteiger partial charge on any atom is 0.315 e. The van der Waals surface area contributed by atoms with Gasteiger partial charge in [-0.1, -0.05) is 23.7 Å². The number of rotatable bonds is 11. The van der Waals surface area contributed by atoms with Crippen LogP contribution in [0, 0.1) is 5.82 Å². The molecule has 0 radical (unpaired) electrons. The fourth-order valence-corrected chi connectivity index (χ4v) is 4.58. The summed E-state index contributed by atoms with van der Waals surface area (Å²) in [7, 11) is 0. The van der Waals surface area contributed by atoms with Crippen LogP contribution < -0.4 is 15.4 Å². The van der Waals surface area contributed by atoms with Gasteiger partial charge in [-0.15, -0.1) is 0 Å². The van der Waals surface area contributed by atoms with Crippen LogP contribution in [0.2, 0.25) is 5.02 Å². The number of hydrogen-bond acceptors (Lipinski definition) is 6. The van der Waals surface area contributed by atoms with E-state index in [1.807, 2.05) is 11.8 Å². The summed E-state index contributed by atoms with van der Waals surface area (Å²) in [4.78, 5) is 40.7. The van der Waals surface area contributed by atoms with Gasteiger partial charge in [0, 0.05) is 55.4 Å². The molecule has 0 aliphatic carbocycles. The summed E-state index contributed by atoms with van der Waals surface area (Å²) < 4.78 is 23.9.